The summed E-state index contributed by atoms with van der Waals surface area (Å²) in [6, 6.07) is 6.44. The van der Waals surface area contributed by atoms with Crippen molar-refractivity contribution in [1.29, 1.82) is 0 Å². The van der Waals surface area contributed by atoms with Crippen molar-refractivity contribution < 1.29 is 4.79 Å². The van der Waals surface area contributed by atoms with E-state index in [4.69, 9.17) is 0 Å². The molecule has 1 aliphatic carbocycles. The monoisotopic (exact) mass is 201 g/mol. The first kappa shape index (κ1) is 10.1. The molecule has 78 valence electrons. The van der Waals surface area contributed by atoms with Gasteiger partial charge in [-0.1, -0.05) is 18.2 Å². The number of aryl methyl sites for hydroxylation is 2. The Morgan fingerprint density at radius 3 is 3.20 bits per heavy atom. The lowest BCUT2D eigenvalue weighted by Gasteiger charge is -2.25. The lowest BCUT2D eigenvalue weighted by Crippen LogP contribution is -2.13. The van der Waals surface area contributed by atoms with Crippen LogP contribution in [0.4, 0.5) is 0 Å². The predicted molar refractivity (Wildman–Crippen MR) is 59.8 cm³/mol. The molecule has 0 saturated heterocycles. The van der Waals surface area contributed by atoms with E-state index in [2.05, 4.69) is 30.1 Å². The summed E-state index contributed by atoms with van der Waals surface area (Å²) in [5.74, 6) is 0.427. The summed E-state index contributed by atoms with van der Waals surface area (Å²) in [7, 11) is 0. The van der Waals surface area contributed by atoms with Gasteiger partial charge in [0.05, 0.1) is 6.54 Å². The molecule has 1 atom stereocenters. The molecule has 0 spiro atoms. The summed E-state index contributed by atoms with van der Waals surface area (Å²) in [6.07, 6.45) is 5.15. The van der Waals surface area contributed by atoms with Gasteiger partial charge in [0.1, 0.15) is 0 Å². The molecule has 0 heterocycles. The highest BCUT2D eigenvalue weighted by Gasteiger charge is 2.21. The summed E-state index contributed by atoms with van der Waals surface area (Å²) < 4.78 is 0. The summed E-state index contributed by atoms with van der Waals surface area (Å²) in [4.78, 5) is 13.9. The van der Waals surface area contributed by atoms with Crippen LogP contribution in [0.25, 0.3) is 0 Å². The number of nitrogens with zero attached hydrogens (tertiary/aromatic N) is 1. The number of hydrogen-bond donors (Lipinski definition) is 0. The van der Waals surface area contributed by atoms with Gasteiger partial charge in [0.25, 0.3) is 0 Å². The van der Waals surface area contributed by atoms with Crippen molar-refractivity contribution in [2.75, 3.05) is 6.54 Å². The van der Waals surface area contributed by atoms with Crippen molar-refractivity contribution in [3.63, 3.8) is 0 Å². The van der Waals surface area contributed by atoms with Crippen LogP contribution in [0.5, 0.6) is 0 Å². The van der Waals surface area contributed by atoms with E-state index in [9.17, 15) is 4.79 Å². The number of isocyanates is 1. The molecule has 0 saturated carbocycles. The van der Waals surface area contributed by atoms with Gasteiger partial charge in [0.15, 0.2) is 0 Å². The van der Waals surface area contributed by atoms with Gasteiger partial charge in [-0.15, -0.1) is 0 Å². The fourth-order valence-electron chi connectivity index (χ4n) is 2.56. The molecule has 1 aromatic carbocycles. The number of carbonyl (C=O) groups excluding carboxylic acids is 1. The standard InChI is InChI=1S/C13H15NO/c1-10-4-2-5-11-6-3-7-12(13(10)11)8-14-9-15/h2,4-5,12H,3,6-8H2,1H3. The molecule has 0 aromatic heterocycles. The molecule has 0 radical (unpaired) electrons. The van der Waals surface area contributed by atoms with Crippen molar-refractivity contribution in [3.8, 4) is 0 Å². The minimum atomic E-state index is 0.427. The van der Waals surface area contributed by atoms with Gasteiger partial charge in [0.2, 0.25) is 6.08 Å². The summed E-state index contributed by atoms with van der Waals surface area (Å²) >= 11 is 0. The fourth-order valence-corrected chi connectivity index (χ4v) is 2.56. The number of rotatable bonds is 2. The van der Waals surface area contributed by atoms with Crippen molar-refractivity contribution in [2.45, 2.75) is 32.1 Å². The van der Waals surface area contributed by atoms with Gasteiger partial charge < -0.3 is 0 Å². The maximum atomic E-state index is 10.2. The average molecular weight is 201 g/mol. The molecule has 1 aliphatic rings. The summed E-state index contributed by atoms with van der Waals surface area (Å²) in [5, 5.41) is 0. The smallest absolute Gasteiger partial charge is 0.211 e. The second kappa shape index (κ2) is 4.41. The third kappa shape index (κ3) is 2.00. The molecule has 15 heavy (non-hydrogen) atoms. The number of aliphatic imine (C=N–C) groups is 1. The third-order valence-corrected chi connectivity index (χ3v) is 3.20. The second-order valence-electron chi connectivity index (χ2n) is 4.17. The van der Waals surface area contributed by atoms with Crippen LogP contribution in [0.15, 0.2) is 23.2 Å². The first-order valence-corrected chi connectivity index (χ1v) is 5.45. The Bertz CT molecular complexity index is 405. The van der Waals surface area contributed by atoms with Crippen LogP contribution in [0.3, 0.4) is 0 Å². The zero-order valence-corrected chi connectivity index (χ0v) is 8.99. The zero-order valence-electron chi connectivity index (χ0n) is 8.99. The molecular formula is C13H15NO. The van der Waals surface area contributed by atoms with Crippen LogP contribution >= 0.6 is 0 Å². The quantitative estimate of drug-likeness (QED) is 0.534. The molecule has 0 fully saturated rings. The summed E-state index contributed by atoms with van der Waals surface area (Å²) in [5.41, 5.74) is 4.19. The molecule has 0 aliphatic heterocycles. The van der Waals surface area contributed by atoms with Gasteiger partial charge in [-0.05, 0) is 42.9 Å². The Hall–Kier alpha value is -1.40. The second-order valence-corrected chi connectivity index (χ2v) is 4.17. The molecule has 0 N–H and O–H groups in total. The van der Waals surface area contributed by atoms with Crippen LogP contribution in [0, 0.1) is 6.92 Å². The van der Waals surface area contributed by atoms with E-state index in [-0.39, 0.29) is 0 Å². The Kier molecular flexibility index (Phi) is 2.98. The Morgan fingerprint density at radius 2 is 2.40 bits per heavy atom. The first-order valence-electron chi connectivity index (χ1n) is 5.45. The van der Waals surface area contributed by atoms with Gasteiger partial charge in [-0.2, -0.15) is 0 Å². The summed E-state index contributed by atoms with van der Waals surface area (Å²) in [6.45, 7) is 2.74. The number of fused-ring (bicyclic) bond motifs is 1. The molecule has 2 rings (SSSR count). The van der Waals surface area contributed by atoms with Crippen molar-refractivity contribution in [1.82, 2.24) is 0 Å². The van der Waals surface area contributed by atoms with E-state index >= 15 is 0 Å². The van der Waals surface area contributed by atoms with E-state index in [0.29, 0.717) is 12.5 Å². The molecule has 2 nitrogen and oxygen atoms in total. The van der Waals surface area contributed by atoms with Crippen LogP contribution < -0.4 is 0 Å². The molecule has 1 aromatic rings. The normalized spacial score (nSPS) is 19.1. The van der Waals surface area contributed by atoms with E-state index in [1.165, 1.54) is 23.1 Å². The number of benzene rings is 1. The molecule has 1 unspecified atom stereocenters. The van der Waals surface area contributed by atoms with E-state index in [1.807, 2.05) is 0 Å². The van der Waals surface area contributed by atoms with Gasteiger partial charge in [-0.3, -0.25) is 0 Å². The average Bonchev–Trinajstić information content (AvgIpc) is 2.26. The molecule has 0 amide bonds. The Balaban J connectivity index is 2.36. The fraction of sp³-hybridized carbons (Fsp3) is 0.462. The van der Waals surface area contributed by atoms with Crippen LogP contribution in [-0.4, -0.2) is 12.6 Å². The van der Waals surface area contributed by atoms with Crippen LogP contribution in [-0.2, 0) is 11.2 Å². The maximum Gasteiger partial charge on any atom is 0.234 e. The van der Waals surface area contributed by atoms with E-state index < -0.39 is 0 Å². The van der Waals surface area contributed by atoms with Crippen molar-refractivity contribution >= 4 is 6.08 Å². The van der Waals surface area contributed by atoms with Crippen LogP contribution in [0.2, 0.25) is 0 Å². The first-order chi connectivity index (χ1) is 7.33. The lowest BCUT2D eigenvalue weighted by molar-refractivity contribution is 0.542. The van der Waals surface area contributed by atoms with Gasteiger partial charge >= 0.3 is 0 Å². The van der Waals surface area contributed by atoms with E-state index in [0.717, 1.165) is 12.8 Å². The lowest BCUT2D eigenvalue weighted by atomic mass is 9.80. The van der Waals surface area contributed by atoms with Crippen LogP contribution in [0.1, 0.15) is 35.4 Å². The SMILES string of the molecule is Cc1cccc2c1C(CN=C=O)CCC2. The highest BCUT2D eigenvalue weighted by Crippen LogP contribution is 2.33. The Labute approximate surface area is 90.0 Å². The predicted octanol–water partition coefficient (Wildman–Crippen LogP) is 2.75. The van der Waals surface area contributed by atoms with Gasteiger partial charge in [0, 0.05) is 5.92 Å². The highest BCUT2D eigenvalue weighted by molar-refractivity contribution is 5.40. The van der Waals surface area contributed by atoms with Crippen molar-refractivity contribution in [3.05, 3.63) is 34.9 Å². The molecule has 0 bridgehead atoms. The molecule has 2 heteroatoms. The third-order valence-electron chi connectivity index (χ3n) is 3.20. The molecular weight excluding hydrogens is 186 g/mol. The van der Waals surface area contributed by atoms with Crippen molar-refractivity contribution in [2.24, 2.45) is 4.99 Å². The minimum absolute atomic E-state index is 0.427. The maximum absolute atomic E-state index is 10.2. The largest absolute Gasteiger partial charge is 0.234 e. The Morgan fingerprint density at radius 1 is 1.53 bits per heavy atom. The highest BCUT2D eigenvalue weighted by atomic mass is 16.1. The minimum Gasteiger partial charge on any atom is -0.211 e. The van der Waals surface area contributed by atoms with E-state index in [1.54, 1.807) is 6.08 Å². The van der Waals surface area contributed by atoms with Gasteiger partial charge in [-0.25, -0.2) is 9.79 Å². The zero-order chi connectivity index (χ0) is 10.7. The topological polar surface area (TPSA) is 29.4 Å². The number of hydrogen-bond acceptors (Lipinski definition) is 2.